The van der Waals surface area contributed by atoms with Gasteiger partial charge in [0, 0.05) is 5.92 Å². The lowest BCUT2D eigenvalue weighted by Crippen LogP contribution is -2.41. The average Bonchev–Trinajstić information content (AvgIpc) is 2.91. The van der Waals surface area contributed by atoms with Crippen LogP contribution in [-0.2, 0) is 19.0 Å². The quantitative estimate of drug-likeness (QED) is 0.737. The molecule has 2 N–H and O–H groups in total. The molecule has 0 spiro atoms. The lowest BCUT2D eigenvalue weighted by atomic mass is 9.78. The van der Waals surface area contributed by atoms with E-state index in [2.05, 4.69) is 4.74 Å². The van der Waals surface area contributed by atoms with Crippen LogP contribution < -0.4 is 5.73 Å². The molecule has 1 saturated heterocycles. The van der Waals surface area contributed by atoms with E-state index in [9.17, 15) is 4.79 Å². The molecule has 0 aromatic carbocycles. The van der Waals surface area contributed by atoms with Crippen LogP contribution in [0.25, 0.3) is 0 Å². The molecule has 1 aliphatic carbocycles. The minimum Gasteiger partial charge on any atom is -0.468 e. The second kappa shape index (κ2) is 5.80. The van der Waals surface area contributed by atoms with Gasteiger partial charge in [0.25, 0.3) is 0 Å². The first-order valence-corrected chi connectivity index (χ1v) is 6.29. The van der Waals surface area contributed by atoms with E-state index < -0.39 is 6.04 Å². The van der Waals surface area contributed by atoms with Crippen molar-refractivity contribution in [3.63, 3.8) is 0 Å². The molecule has 2 rings (SSSR count). The van der Waals surface area contributed by atoms with Gasteiger partial charge < -0.3 is 19.9 Å². The van der Waals surface area contributed by atoms with Crippen LogP contribution in [0.15, 0.2) is 0 Å². The third-order valence-electron chi connectivity index (χ3n) is 3.83. The molecular formula is C12H21NO4. The molecule has 0 unspecified atom stereocenters. The van der Waals surface area contributed by atoms with Crippen molar-refractivity contribution in [1.82, 2.24) is 0 Å². The average molecular weight is 243 g/mol. The maximum atomic E-state index is 11.4. The SMILES string of the molecule is COC(=O)[C@@H](N)C1CCC(C2OCCO2)CC1. The van der Waals surface area contributed by atoms with Crippen molar-refractivity contribution in [2.24, 2.45) is 17.6 Å². The van der Waals surface area contributed by atoms with E-state index in [0.717, 1.165) is 25.7 Å². The summed E-state index contributed by atoms with van der Waals surface area (Å²) in [5, 5.41) is 0. The van der Waals surface area contributed by atoms with Gasteiger partial charge in [-0.3, -0.25) is 4.79 Å². The van der Waals surface area contributed by atoms with Gasteiger partial charge in [-0.15, -0.1) is 0 Å². The fraction of sp³-hybridized carbons (Fsp3) is 0.917. The van der Waals surface area contributed by atoms with Crippen molar-refractivity contribution < 1.29 is 19.0 Å². The molecule has 2 aliphatic rings. The van der Waals surface area contributed by atoms with Crippen LogP contribution in [0.2, 0.25) is 0 Å². The van der Waals surface area contributed by atoms with E-state index in [4.69, 9.17) is 15.2 Å². The Morgan fingerprint density at radius 1 is 1.24 bits per heavy atom. The van der Waals surface area contributed by atoms with Gasteiger partial charge in [0.05, 0.1) is 20.3 Å². The zero-order valence-electron chi connectivity index (χ0n) is 10.3. The molecule has 2 fully saturated rings. The van der Waals surface area contributed by atoms with Gasteiger partial charge in [0.2, 0.25) is 0 Å². The van der Waals surface area contributed by atoms with Crippen LogP contribution in [0.3, 0.4) is 0 Å². The fourth-order valence-electron chi connectivity index (χ4n) is 2.75. The summed E-state index contributed by atoms with van der Waals surface area (Å²) in [6.07, 6.45) is 3.89. The third kappa shape index (κ3) is 2.97. The lowest BCUT2D eigenvalue weighted by molar-refractivity contribution is -0.144. The molecule has 1 atom stereocenters. The van der Waals surface area contributed by atoms with E-state index in [1.165, 1.54) is 7.11 Å². The predicted octanol–water partition coefficient (Wildman–Crippen LogP) is 0.666. The van der Waals surface area contributed by atoms with Gasteiger partial charge in [-0.05, 0) is 31.6 Å². The lowest BCUT2D eigenvalue weighted by Gasteiger charge is -2.32. The smallest absolute Gasteiger partial charge is 0.322 e. The number of ether oxygens (including phenoxy) is 3. The second-order valence-electron chi connectivity index (χ2n) is 4.83. The Morgan fingerprint density at radius 2 is 1.82 bits per heavy atom. The summed E-state index contributed by atoms with van der Waals surface area (Å²) in [7, 11) is 1.38. The van der Waals surface area contributed by atoms with Gasteiger partial charge in [0.1, 0.15) is 6.04 Å². The first-order valence-electron chi connectivity index (χ1n) is 6.29. The summed E-state index contributed by atoms with van der Waals surface area (Å²) in [5.74, 6) is 0.389. The van der Waals surface area contributed by atoms with E-state index in [0.29, 0.717) is 19.1 Å². The highest BCUT2D eigenvalue weighted by molar-refractivity contribution is 5.75. The Bertz CT molecular complexity index is 257. The van der Waals surface area contributed by atoms with Gasteiger partial charge in [-0.1, -0.05) is 0 Å². The number of methoxy groups -OCH3 is 1. The molecule has 1 aliphatic heterocycles. The molecule has 0 aromatic heterocycles. The summed E-state index contributed by atoms with van der Waals surface area (Å²) in [6.45, 7) is 1.40. The van der Waals surface area contributed by atoms with Crippen molar-refractivity contribution in [2.45, 2.75) is 38.0 Å². The number of carbonyl (C=O) groups excluding carboxylic acids is 1. The Balaban J connectivity index is 1.79. The van der Waals surface area contributed by atoms with Gasteiger partial charge >= 0.3 is 5.97 Å². The van der Waals surface area contributed by atoms with Crippen LogP contribution in [0, 0.1) is 11.8 Å². The number of rotatable bonds is 3. The molecule has 0 bridgehead atoms. The minimum atomic E-state index is -0.480. The Kier molecular flexibility index (Phi) is 4.36. The predicted molar refractivity (Wildman–Crippen MR) is 61.1 cm³/mol. The van der Waals surface area contributed by atoms with Crippen molar-refractivity contribution in [3.05, 3.63) is 0 Å². The highest BCUT2D eigenvalue weighted by Gasteiger charge is 2.35. The Morgan fingerprint density at radius 3 is 2.35 bits per heavy atom. The first kappa shape index (κ1) is 12.8. The molecule has 5 nitrogen and oxygen atoms in total. The highest BCUT2D eigenvalue weighted by atomic mass is 16.7. The fourth-order valence-corrected chi connectivity index (χ4v) is 2.75. The summed E-state index contributed by atoms with van der Waals surface area (Å²) >= 11 is 0. The molecular weight excluding hydrogens is 222 g/mol. The number of nitrogens with two attached hydrogens (primary N) is 1. The molecule has 1 heterocycles. The van der Waals surface area contributed by atoms with Crippen LogP contribution in [-0.4, -0.2) is 38.6 Å². The molecule has 0 radical (unpaired) electrons. The summed E-state index contributed by atoms with van der Waals surface area (Å²) in [4.78, 5) is 11.4. The standard InChI is InChI=1S/C12H21NO4/c1-15-11(14)10(13)8-2-4-9(5-3-8)12-16-6-7-17-12/h8-10,12H,2-7,13H2,1H3/t8?,9?,10-/m0/s1. The van der Waals surface area contributed by atoms with Crippen LogP contribution in [0.1, 0.15) is 25.7 Å². The van der Waals surface area contributed by atoms with Gasteiger partial charge in [0.15, 0.2) is 6.29 Å². The Labute approximate surface area is 102 Å². The first-order chi connectivity index (χ1) is 8.22. The maximum absolute atomic E-state index is 11.4. The van der Waals surface area contributed by atoms with Crippen molar-refractivity contribution in [3.8, 4) is 0 Å². The summed E-state index contributed by atoms with van der Waals surface area (Å²) < 4.78 is 15.7. The van der Waals surface area contributed by atoms with Gasteiger partial charge in [-0.25, -0.2) is 0 Å². The number of hydrogen-bond acceptors (Lipinski definition) is 5. The normalized spacial score (nSPS) is 32.4. The molecule has 98 valence electrons. The molecule has 1 saturated carbocycles. The number of carbonyl (C=O) groups is 1. The highest BCUT2D eigenvalue weighted by Crippen LogP contribution is 2.34. The van der Waals surface area contributed by atoms with E-state index in [1.54, 1.807) is 0 Å². The van der Waals surface area contributed by atoms with Crippen molar-refractivity contribution in [2.75, 3.05) is 20.3 Å². The molecule has 5 heteroatoms. The zero-order chi connectivity index (χ0) is 12.3. The largest absolute Gasteiger partial charge is 0.468 e. The third-order valence-corrected chi connectivity index (χ3v) is 3.83. The van der Waals surface area contributed by atoms with Crippen LogP contribution >= 0.6 is 0 Å². The number of hydrogen-bond donors (Lipinski definition) is 1. The monoisotopic (exact) mass is 243 g/mol. The van der Waals surface area contributed by atoms with E-state index in [-0.39, 0.29) is 18.2 Å². The van der Waals surface area contributed by atoms with Crippen LogP contribution in [0.5, 0.6) is 0 Å². The second-order valence-corrected chi connectivity index (χ2v) is 4.83. The Hall–Kier alpha value is -0.650. The molecule has 0 aromatic rings. The van der Waals surface area contributed by atoms with E-state index >= 15 is 0 Å². The van der Waals surface area contributed by atoms with E-state index in [1.807, 2.05) is 0 Å². The van der Waals surface area contributed by atoms with Gasteiger partial charge in [-0.2, -0.15) is 0 Å². The molecule has 17 heavy (non-hydrogen) atoms. The topological polar surface area (TPSA) is 70.8 Å². The van der Waals surface area contributed by atoms with Crippen molar-refractivity contribution >= 4 is 5.97 Å². The van der Waals surface area contributed by atoms with Crippen molar-refractivity contribution in [1.29, 1.82) is 0 Å². The summed E-state index contributed by atoms with van der Waals surface area (Å²) in [5.41, 5.74) is 5.86. The van der Waals surface area contributed by atoms with Crippen LogP contribution in [0.4, 0.5) is 0 Å². The number of esters is 1. The minimum absolute atomic E-state index is 0.0368. The summed E-state index contributed by atoms with van der Waals surface area (Å²) in [6, 6.07) is -0.480. The maximum Gasteiger partial charge on any atom is 0.322 e. The molecule has 0 amide bonds. The zero-order valence-corrected chi connectivity index (χ0v) is 10.3.